The molecule has 84 valence electrons. The first-order valence-corrected chi connectivity index (χ1v) is 5.60. The van der Waals surface area contributed by atoms with Crippen molar-refractivity contribution in [3.05, 3.63) is 49.6 Å². The first-order chi connectivity index (χ1) is 7.58. The fourth-order valence-corrected chi connectivity index (χ4v) is 1.76. The number of aromatic amines is 2. The van der Waals surface area contributed by atoms with Crippen molar-refractivity contribution in [3.8, 4) is 5.88 Å². The number of hydrogen-bond donors (Lipinski definition) is 4. The number of imidazole rings is 1. The van der Waals surface area contributed by atoms with E-state index in [1.54, 1.807) is 12.1 Å². The van der Waals surface area contributed by atoms with Crippen molar-refractivity contribution in [2.24, 2.45) is 0 Å². The lowest BCUT2D eigenvalue weighted by atomic mass is 10.1. The number of hydrogen-bond acceptors (Lipinski definition) is 3. The minimum atomic E-state index is -1.05. The fraction of sp³-hybridized carbons (Fsp3) is 0.100. The predicted molar refractivity (Wildman–Crippen MR) is 66.3 cm³/mol. The van der Waals surface area contributed by atoms with E-state index in [2.05, 4.69) is 32.6 Å². The lowest BCUT2D eigenvalue weighted by molar-refractivity contribution is 0.210. The molecule has 16 heavy (non-hydrogen) atoms. The number of benzene rings is 1. The number of rotatable bonds is 2. The Morgan fingerprint density at radius 1 is 1.19 bits per heavy atom. The number of aromatic nitrogens is 2. The van der Waals surface area contributed by atoms with Gasteiger partial charge in [0.2, 0.25) is 5.88 Å². The summed E-state index contributed by atoms with van der Waals surface area (Å²) in [5.74, 6) is -0.337. The molecule has 1 heterocycles. The summed E-state index contributed by atoms with van der Waals surface area (Å²) in [6.07, 6.45) is -1.05. The normalized spacial score (nSPS) is 12.6. The highest BCUT2D eigenvalue weighted by molar-refractivity contribution is 14.1. The Balaban J connectivity index is 2.38. The average molecular weight is 332 g/mol. The molecule has 1 unspecified atom stereocenters. The maximum Gasteiger partial charge on any atom is 0.326 e. The molecule has 0 radical (unpaired) electrons. The van der Waals surface area contributed by atoms with Crippen LogP contribution in [-0.4, -0.2) is 20.2 Å². The van der Waals surface area contributed by atoms with Crippen LogP contribution in [0.2, 0.25) is 0 Å². The summed E-state index contributed by atoms with van der Waals surface area (Å²) in [5, 5.41) is 19.3. The molecular weight excluding hydrogens is 323 g/mol. The van der Waals surface area contributed by atoms with Crippen LogP contribution in [0.3, 0.4) is 0 Å². The second-order valence-electron chi connectivity index (χ2n) is 3.30. The minimum absolute atomic E-state index is 0.0752. The zero-order valence-corrected chi connectivity index (χ0v) is 10.2. The van der Waals surface area contributed by atoms with Crippen LogP contribution in [0.4, 0.5) is 0 Å². The number of H-pyrrole nitrogens is 2. The van der Waals surface area contributed by atoms with E-state index in [1.165, 1.54) is 0 Å². The van der Waals surface area contributed by atoms with E-state index in [-0.39, 0.29) is 11.6 Å². The van der Waals surface area contributed by atoms with E-state index in [0.717, 1.165) is 3.57 Å². The third-order valence-electron chi connectivity index (χ3n) is 2.19. The molecule has 4 N–H and O–H groups in total. The number of nitrogens with one attached hydrogen (secondary N) is 2. The fourth-order valence-electron chi connectivity index (χ4n) is 1.40. The van der Waals surface area contributed by atoms with Gasteiger partial charge in [0.25, 0.3) is 0 Å². The molecule has 0 fully saturated rings. The van der Waals surface area contributed by atoms with Gasteiger partial charge in [-0.15, -0.1) is 0 Å². The van der Waals surface area contributed by atoms with Crippen molar-refractivity contribution in [2.45, 2.75) is 6.10 Å². The third kappa shape index (κ3) is 2.12. The average Bonchev–Trinajstić information content (AvgIpc) is 2.58. The molecule has 5 nitrogen and oxygen atoms in total. The third-order valence-corrected chi connectivity index (χ3v) is 2.91. The molecule has 1 aromatic carbocycles. The van der Waals surface area contributed by atoms with Gasteiger partial charge in [-0.2, -0.15) is 0 Å². The van der Waals surface area contributed by atoms with E-state index in [1.807, 2.05) is 12.1 Å². The highest BCUT2D eigenvalue weighted by atomic mass is 127. The van der Waals surface area contributed by atoms with Gasteiger partial charge in [-0.3, -0.25) is 4.98 Å². The van der Waals surface area contributed by atoms with Gasteiger partial charge in [0.05, 0.1) is 0 Å². The van der Waals surface area contributed by atoms with Gasteiger partial charge < -0.3 is 15.2 Å². The van der Waals surface area contributed by atoms with Crippen molar-refractivity contribution in [1.82, 2.24) is 9.97 Å². The van der Waals surface area contributed by atoms with Crippen LogP contribution in [0, 0.1) is 3.57 Å². The molecule has 0 aliphatic rings. The highest BCUT2D eigenvalue weighted by Crippen LogP contribution is 2.25. The van der Waals surface area contributed by atoms with Crippen molar-refractivity contribution >= 4 is 22.6 Å². The molecule has 6 heteroatoms. The van der Waals surface area contributed by atoms with Crippen molar-refractivity contribution in [3.63, 3.8) is 0 Å². The summed E-state index contributed by atoms with van der Waals surface area (Å²) in [4.78, 5) is 15.4. The minimum Gasteiger partial charge on any atom is -0.493 e. The Morgan fingerprint density at radius 2 is 1.81 bits per heavy atom. The zero-order chi connectivity index (χ0) is 11.7. The second-order valence-corrected chi connectivity index (χ2v) is 4.54. The van der Waals surface area contributed by atoms with Crippen LogP contribution < -0.4 is 5.69 Å². The van der Waals surface area contributed by atoms with E-state index in [0.29, 0.717) is 5.56 Å². The molecule has 2 rings (SSSR count). The van der Waals surface area contributed by atoms with E-state index in [9.17, 15) is 15.0 Å². The first-order valence-electron chi connectivity index (χ1n) is 4.52. The standard InChI is InChI=1S/C10H9IN2O3/c11-6-3-1-5(2-4-6)8(14)7-9(15)13-10(16)12-7/h1-4,8,14-15H,(H2,12,13,16). The molecule has 0 saturated carbocycles. The molecule has 0 spiro atoms. The van der Waals surface area contributed by atoms with Crippen molar-refractivity contribution < 1.29 is 10.2 Å². The maximum absolute atomic E-state index is 10.9. The number of aromatic hydroxyl groups is 1. The molecule has 1 aromatic heterocycles. The van der Waals surface area contributed by atoms with Crippen LogP contribution in [0.15, 0.2) is 29.1 Å². The quantitative estimate of drug-likeness (QED) is 0.621. The smallest absolute Gasteiger partial charge is 0.326 e. The lowest BCUT2D eigenvalue weighted by Crippen LogP contribution is -2.05. The van der Waals surface area contributed by atoms with Gasteiger partial charge in [-0.1, -0.05) is 12.1 Å². The summed E-state index contributed by atoms with van der Waals surface area (Å²) in [6, 6.07) is 7.14. The van der Waals surface area contributed by atoms with Crippen molar-refractivity contribution in [1.29, 1.82) is 0 Å². The topological polar surface area (TPSA) is 89.1 Å². The molecule has 0 bridgehead atoms. The summed E-state index contributed by atoms with van der Waals surface area (Å²) in [7, 11) is 0. The Bertz CT molecular complexity index is 544. The SMILES string of the molecule is O=c1[nH]c(O)c(C(O)c2ccc(I)cc2)[nH]1. The van der Waals surface area contributed by atoms with Gasteiger partial charge in [0, 0.05) is 3.57 Å². The lowest BCUT2D eigenvalue weighted by Gasteiger charge is -2.08. The Kier molecular flexibility index (Phi) is 3.01. The van der Waals surface area contributed by atoms with Crippen LogP contribution in [0.25, 0.3) is 0 Å². The Hall–Kier alpha value is -1.28. The Morgan fingerprint density at radius 3 is 2.31 bits per heavy atom. The highest BCUT2D eigenvalue weighted by Gasteiger charge is 2.17. The number of aliphatic hydroxyl groups is 1. The number of halogens is 1. The van der Waals surface area contributed by atoms with E-state index < -0.39 is 11.8 Å². The largest absolute Gasteiger partial charge is 0.493 e. The summed E-state index contributed by atoms with van der Waals surface area (Å²) < 4.78 is 1.04. The van der Waals surface area contributed by atoms with Crippen LogP contribution in [0.1, 0.15) is 17.4 Å². The molecule has 0 aliphatic heterocycles. The van der Waals surface area contributed by atoms with E-state index in [4.69, 9.17) is 0 Å². The Labute approximate surface area is 104 Å². The summed E-state index contributed by atoms with van der Waals surface area (Å²) >= 11 is 2.15. The second kappa shape index (κ2) is 4.30. The molecule has 0 aliphatic carbocycles. The summed E-state index contributed by atoms with van der Waals surface area (Å²) in [6.45, 7) is 0. The van der Waals surface area contributed by atoms with Crippen LogP contribution in [-0.2, 0) is 0 Å². The summed E-state index contributed by atoms with van der Waals surface area (Å²) in [5.41, 5.74) is 0.134. The van der Waals surface area contributed by atoms with Gasteiger partial charge in [-0.05, 0) is 40.3 Å². The first kappa shape index (κ1) is 11.2. The van der Waals surface area contributed by atoms with E-state index >= 15 is 0 Å². The van der Waals surface area contributed by atoms with Gasteiger partial charge >= 0.3 is 5.69 Å². The van der Waals surface area contributed by atoms with Crippen LogP contribution >= 0.6 is 22.6 Å². The van der Waals surface area contributed by atoms with Crippen molar-refractivity contribution in [2.75, 3.05) is 0 Å². The molecule has 2 aromatic rings. The monoisotopic (exact) mass is 332 g/mol. The molecule has 0 saturated heterocycles. The predicted octanol–water partition coefficient (Wildman–Crippen LogP) is 1.09. The maximum atomic E-state index is 10.9. The molecule has 0 amide bonds. The van der Waals surface area contributed by atoms with Gasteiger partial charge in [0.15, 0.2) is 0 Å². The zero-order valence-electron chi connectivity index (χ0n) is 8.07. The van der Waals surface area contributed by atoms with Gasteiger partial charge in [-0.25, -0.2) is 4.79 Å². The van der Waals surface area contributed by atoms with Gasteiger partial charge in [0.1, 0.15) is 11.8 Å². The molecular formula is C10H9IN2O3. The number of aliphatic hydroxyl groups excluding tert-OH is 1. The van der Waals surface area contributed by atoms with Crippen LogP contribution in [0.5, 0.6) is 5.88 Å². The molecule has 1 atom stereocenters.